The zero-order valence-electron chi connectivity index (χ0n) is 17.2. The monoisotopic (exact) mass is 398 g/mol. The molecule has 6 nitrogen and oxygen atoms in total. The molecular weight excluding hydrogens is 360 g/mol. The third-order valence-electron chi connectivity index (χ3n) is 7.66. The van der Waals surface area contributed by atoms with Crippen LogP contribution >= 0.6 is 0 Å². The molecule has 4 saturated carbocycles. The second kappa shape index (κ2) is 6.94. The lowest BCUT2D eigenvalue weighted by Gasteiger charge is -2.53. The van der Waals surface area contributed by atoms with Crippen LogP contribution in [0, 0.1) is 5.92 Å². The fraction of sp³-hybridized carbons (Fsp3) is 1.00. The molecule has 5 aliphatic rings. The molecule has 0 spiro atoms. The van der Waals surface area contributed by atoms with E-state index >= 15 is 0 Å². The first kappa shape index (κ1) is 20.1. The SMILES string of the molecule is CC(C)NC1CC2CC1N(S(=O)(=O)CC(C)NC13CCC(N)(CC1)CC3)C2. The molecule has 4 aliphatic carbocycles. The third kappa shape index (κ3) is 3.95. The Labute approximate surface area is 165 Å². The molecule has 4 unspecified atom stereocenters. The predicted octanol–water partition coefficient (Wildman–Crippen LogP) is 1.56. The summed E-state index contributed by atoms with van der Waals surface area (Å²) in [5, 5.41) is 7.31. The van der Waals surface area contributed by atoms with Gasteiger partial charge in [0.05, 0.1) is 5.75 Å². The van der Waals surface area contributed by atoms with Gasteiger partial charge in [0.15, 0.2) is 0 Å². The lowest BCUT2D eigenvalue weighted by Crippen LogP contribution is -2.63. The van der Waals surface area contributed by atoms with Crippen LogP contribution in [0.25, 0.3) is 0 Å². The number of nitrogens with two attached hydrogens (primary N) is 1. The number of piperidine rings is 1. The lowest BCUT2D eigenvalue weighted by atomic mass is 9.62. The Balaban J connectivity index is 1.37. The summed E-state index contributed by atoms with van der Waals surface area (Å²) in [6.45, 7) is 7.04. The van der Waals surface area contributed by atoms with E-state index in [0.717, 1.165) is 57.9 Å². The van der Waals surface area contributed by atoms with Gasteiger partial charge in [0.2, 0.25) is 10.0 Å². The maximum Gasteiger partial charge on any atom is 0.215 e. The van der Waals surface area contributed by atoms with Crippen molar-refractivity contribution >= 4 is 10.0 Å². The van der Waals surface area contributed by atoms with Crippen LogP contribution in [0.2, 0.25) is 0 Å². The fourth-order valence-electron chi connectivity index (χ4n) is 6.31. The van der Waals surface area contributed by atoms with Crippen LogP contribution in [0.4, 0.5) is 0 Å². The number of nitrogens with zero attached hydrogens (tertiary/aromatic N) is 1. The molecule has 7 heteroatoms. The van der Waals surface area contributed by atoms with E-state index in [4.69, 9.17) is 5.73 Å². The maximum absolute atomic E-state index is 13.2. The van der Waals surface area contributed by atoms with E-state index in [1.807, 2.05) is 11.2 Å². The van der Waals surface area contributed by atoms with E-state index in [2.05, 4.69) is 24.5 Å². The van der Waals surface area contributed by atoms with Crippen LogP contribution in [-0.2, 0) is 10.0 Å². The number of rotatable bonds is 7. The minimum Gasteiger partial charge on any atom is -0.325 e. The average Bonchev–Trinajstić information content (AvgIpc) is 3.16. The number of sulfonamides is 1. The van der Waals surface area contributed by atoms with Crippen molar-refractivity contribution in [2.75, 3.05) is 12.3 Å². The van der Waals surface area contributed by atoms with Crippen molar-refractivity contribution in [3.05, 3.63) is 0 Å². The summed E-state index contributed by atoms with van der Waals surface area (Å²) in [7, 11) is -3.24. The first-order valence-corrected chi connectivity index (χ1v) is 12.5. The Morgan fingerprint density at radius 3 is 2.26 bits per heavy atom. The van der Waals surface area contributed by atoms with Gasteiger partial charge in [0.1, 0.15) is 0 Å². The molecule has 4 N–H and O–H groups in total. The van der Waals surface area contributed by atoms with E-state index in [9.17, 15) is 8.42 Å². The summed E-state index contributed by atoms with van der Waals surface area (Å²) < 4.78 is 28.2. The molecule has 4 bridgehead atoms. The lowest BCUT2D eigenvalue weighted by molar-refractivity contribution is 0.0757. The number of fused-ring (bicyclic) bond motifs is 5. The molecule has 4 atom stereocenters. The molecule has 27 heavy (non-hydrogen) atoms. The molecule has 156 valence electrons. The topological polar surface area (TPSA) is 87.5 Å². The smallest absolute Gasteiger partial charge is 0.215 e. The molecule has 0 aromatic carbocycles. The zero-order valence-corrected chi connectivity index (χ0v) is 18.0. The van der Waals surface area contributed by atoms with Gasteiger partial charge in [-0.3, -0.25) is 0 Å². The molecule has 5 rings (SSSR count). The van der Waals surface area contributed by atoms with Crippen LogP contribution in [0.15, 0.2) is 0 Å². The highest BCUT2D eigenvalue weighted by molar-refractivity contribution is 7.89. The predicted molar refractivity (Wildman–Crippen MR) is 109 cm³/mol. The highest BCUT2D eigenvalue weighted by Crippen LogP contribution is 2.46. The summed E-state index contributed by atoms with van der Waals surface area (Å²) in [5.41, 5.74) is 6.58. The van der Waals surface area contributed by atoms with E-state index in [-0.39, 0.29) is 28.9 Å². The summed E-state index contributed by atoms with van der Waals surface area (Å²) in [6, 6.07) is 0.838. The Kier molecular flexibility index (Phi) is 5.16. The van der Waals surface area contributed by atoms with Gasteiger partial charge in [-0.1, -0.05) is 13.8 Å². The Hall–Kier alpha value is -0.210. The van der Waals surface area contributed by atoms with Gasteiger partial charge in [0, 0.05) is 41.8 Å². The fourth-order valence-corrected chi connectivity index (χ4v) is 8.30. The van der Waals surface area contributed by atoms with E-state index < -0.39 is 10.0 Å². The molecule has 1 aliphatic heterocycles. The van der Waals surface area contributed by atoms with Crippen molar-refractivity contribution in [2.24, 2.45) is 11.7 Å². The molecule has 1 saturated heterocycles. The molecule has 5 fully saturated rings. The maximum atomic E-state index is 13.2. The quantitative estimate of drug-likeness (QED) is 0.606. The average molecular weight is 399 g/mol. The largest absolute Gasteiger partial charge is 0.325 e. The second-order valence-corrected chi connectivity index (χ2v) is 12.3. The van der Waals surface area contributed by atoms with Gasteiger partial charge in [-0.15, -0.1) is 0 Å². The van der Waals surface area contributed by atoms with Crippen LogP contribution in [0.5, 0.6) is 0 Å². The van der Waals surface area contributed by atoms with Crippen LogP contribution in [0.3, 0.4) is 0 Å². The molecule has 0 aromatic rings. The van der Waals surface area contributed by atoms with Crippen molar-refractivity contribution in [1.29, 1.82) is 0 Å². The molecule has 1 heterocycles. The second-order valence-electron chi connectivity index (χ2n) is 10.4. The van der Waals surface area contributed by atoms with Crippen molar-refractivity contribution < 1.29 is 8.42 Å². The third-order valence-corrected chi connectivity index (χ3v) is 9.71. The summed E-state index contributed by atoms with van der Waals surface area (Å²) in [5.74, 6) is 0.734. The highest BCUT2D eigenvalue weighted by atomic mass is 32.2. The summed E-state index contributed by atoms with van der Waals surface area (Å²) in [6.07, 6.45) is 8.60. The van der Waals surface area contributed by atoms with Crippen LogP contribution in [-0.4, -0.2) is 60.3 Å². The van der Waals surface area contributed by atoms with E-state index in [0.29, 0.717) is 18.0 Å². The van der Waals surface area contributed by atoms with Gasteiger partial charge in [0.25, 0.3) is 0 Å². The summed E-state index contributed by atoms with van der Waals surface area (Å²) in [4.78, 5) is 0. The van der Waals surface area contributed by atoms with Gasteiger partial charge < -0.3 is 16.4 Å². The first-order chi connectivity index (χ1) is 12.6. The van der Waals surface area contributed by atoms with Gasteiger partial charge in [-0.2, -0.15) is 4.31 Å². The first-order valence-electron chi connectivity index (χ1n) is 10.9. The molecule has 0 radical (unpaired) electrons. The van der Waals surface area contributed by atoms with Crippen LogP contribution < -0.4 is 16.4 Å². The molecule has 0 amide bonds. The molecular formula is C20H38N4O2S. The standard InChI is InChI=1S/C20H38N4O2S/c1-14(2)22-17-10-16-11-18(17)24(12-16)27(25,26)13-15(3)23-20-7-4-19(21,5-8-20)6-9-20/h14-18,22-23H,4-13,21H2,1-3H3. The Bertz CT molecular complexity index is 640. The van der Waals surface area contributed by atoms with E-state index in [1.165, 1.54) is 0 Å². The van der Waals surface area contributed by atoms with Crippen molar-refractivity contribution in [1.82, 2.24) is 14.9 Å². The van der Waals surface area contributed by atoms with Gasteiger partial charge in [-0.05, 0) is 64.2 Å². The summed E-state index contributed by atoms with van der Waals surface area (Å²) >= 11 is 0. The van der Waals surface area contributed by atoms with Crippen molar-refractivity contribution in [3.63, 3.8) is 0 Å². The Morgan fingerprint density at radius 2 is 1.70 bits per heavy atom. The molecule has 0 aromatic heterocycles. The highest BCUT2D eigenvalue weighted by Gasteiger charge is 2.50. The normalized spacial score (nSPS) is 42.9. The number of nitrogens with one attached hydrogen (secondary N) is 2. The van der Waals surface area contributed by atoms with Gasteiger partial charge in [-0.25, -0.2) is 8.42 Å². The van der Waals surface area contributed by atoms with Crippen molar-refractivity contribution in [3.8, 4) is 0 Å². The minimum atomic E-state index is -3.24. The van der Waals surface area contributed by atoms with Gasteiger partial charge >= 0.3 is 0 Å². The number of hydrogen-bond acceptors (Lipinski definition) is 5. The van der Waals surface area contributed by atoms with E-state index in [1.54, 1.807) is 0 Å². The van der Waals surface area contributed by atoms with Crippen LogP contribution in [0.1, 0.15) is 72.1 Å². The number of hydrogen-bond donors (Lipinski definition) is 3. The zero-order chi connectivity index (χ0) is 19.4. The Morgan fingerprint density at radius 1 is 1.07 bits per heavy atom. The minimum absolute atomic E-state index is 0.0194. The van der Waals surface area contributed by atoms with Crippen molar-refractivity contribution in [2.45, 2.75) is 107 Å².